The fourth-order valence-electron chi connectivity index (χ4n) is 3.37. The maximum absolute atomic E-state index is 12.7. The highest BCUT2D eigenvalue weighted by molar-refractivity contribution is 5.96. The lowest BCUT2D eigenvalue weighted by Crippen LogP contribution is -2.69. The minimum atomic E-state index is -0.531. The molecular weight excluding hydrogens is 288 g/mol. The number of carbonyl (C=O) groups is 1. The van der Waals surface area contributed by atoms with Gasteiger partial charge in [-0.2, -0.15) is 0 Å². The first kappa shape index (κ1) is 13.6. The van der Waals surface area contributed by atoms with Crippen LogP contribution in [0.5, 0.6) is 5.75 Å². The Morgan fingerprint density at radius 1 is 1.27 bits per heavy atom. The van der Waals surface area contributed by atoms with E-state index < -0.39 is 11.2 Å². The van der Waals surface area contributed by atoms with Crippen LogP contribution in [0.1, 0.15) is 10.5 Å². The number of likely N-dealkylation sites (N-methyl/N-ethyl adjacent to an activating group) is 1. The molecule has 22 heavy (non-hydrogen) atoms. The third kappa shape index (κ3) is 1.77. The topological polar surface area (TPSA) is 78.2 Å². The largest absolute Gasteiger partial charge is 0.502 e. The lowest BCUT2D eigenvalue weighted by Gasteiger charge is -2.52. The molecule has 0 aromatic carbocycles. The van der Waals surface area contributed by atoms with Crippen molar-refractivity contribution in [1.82, 2.24) is 14.5 Å². The monoisotopic (exact) mass is 306 g/mol. The molecule has 0 saturated carbocycles. The summed E-state index contributed by atoms with van der Waals surface area (Å²) in [6.07, 6.45) is 1.43. The molecule has 1 unspecified atom stereocenters. The molecule has 0 aliphatic carbocycles. The smallest absolute Gasteiger partial charge is 0.278 e. The van der Waals surface area contributed by atoms with Crippen molar-refractivity contribution in [3.05, 3.63) is 28.2 Å². The van der Waals surface area contributed by atoms with Crippen molar-refractivity contribution in [2.75, 3.05) is 44.9 Å². The van der Waals surface area contributed by atoms with Crippen LogP contribution in [0.4, 0.5) is 0 Å². The second-order valence-electron chi connectivity index (χ2n) is 5.96. The first-order valence-electron chi connectivity index (χ1n) is 7.38. The molecule has 0 radical (unpaired) electrons. The number of pyridine rings is 1. The summed E-state index contributed by atoms with van der Waals surface area (Å²) in [6, 6.07) is 1.70. The van der Waals surface area contributed by atoms with Crippen LogP contribution in [0.25, 0.3) is 0 Å². The van der Waals surface area contributed by atoms with Crippen LogP contribution in [0, 0.1) is 0 Å². The highest BCUT2D eigenvalue weighted by Crippen LogP contribution is 2.26. The van der Waals surface area contributed by atoms with Gasteiger partial charge in [-0.15, -0.1) is 0 Å². The summed E-state index contributed by atoms with van der Waals surface area (Å²) in [7, 11) is 1.86. The lowest BCUT2D eigenvalue weighted by atomic mass is 10.1. The molecule has 118 valence electrons. The summed E-state index contributed by atoms with van der Waals surface area (Å²) in [4.78, 5) is 28.3. The molecule has 8 nitrogen and oxygen atoms in total. The number of piperazine rings is 1. The van der Waals surface area contributed by atoms with Gasteiger partial charge in [0.1, 0.15) is 6.17 Å². The van der Waals surface area contributed by atoms with Crippen LogP contribution in [0.15, 0.2) is 17.1 Å². The zero-order valence-electron chi connectivity index (χ0n) is 12.3. The molecule has 1 aromatic rings. The molecule has 8 heteroatoms. The molecule has 1 aromatic heterocycles. The number of aromatic hydroxyl groups is 1. The molecule has 1 N–H and O–H groups in total. The van der Waals surface area contributed by atoms with Crippen LogP contribution in [0.2, 0.25) is 0 Å². The van der Waals surface area contributed by atoms with Crippen molar-refractivity contribution < 1.29 is 14.6 Å². The summed E-state index contributed by atoms with van der Waals surface area (Å²) >= 11 is 0. The molecule has 0 bridgehead atoms. The fraction of sp³-hybridized carbons (Fsp3) is 0.571. The van der Waals surface area contributed by atoms with Crippen molar-refractivity contribution >= 4 is 5.91 Å². The predicted molar refractivity (Wildman–Crippen MR) is 77.5 cm³/mol. The zero-order chi connectivity index (χ0) is 15.4. The third-order valence-electron chi connectivity index (χ3n) is 4.81. The van der Waals surface area contributed by atoms with Crippen molar-refractivity contribution in [3.8, 4) is 5.75 Å². The van der Waals surface area contributed by atoms with Gasteiger partial charge in [-0.1, -0.05) is 0 Å². The van der Waals surface area contributed by atoms with Gasteiger partial charge in [-0.25, -0.2) is 0 Å². The van der Waals surface area contributed by atoms with Gasteiger partial charge in [0.15, 0.2) is 11.4 Å². The number of amides is 1. The number of rotatable bonds is 1. The van der Waals surface area contributed by atoms with Gasteiger partial charge >= 0.3 is 0 Å². The second kappa shape index (κ2) is 4.72. The Bertz CT molecular complexity index is 684. The third-order valence-corrected chi connectivity index (χ3v) is 4.81. The van der Waals surface area contributed by atoms with Crippen molar-refractivity contribution in [2.45, 2.75) is 12.2 Å². The fourth-order valence-corrected chi connectivity index (χ4v) is 3.37. The van der Waals surface area contributed by atoms with E-state index >= 15 is 0 Å². The molecule has 4 rings (SSSR count). The highest BCUT2D eigenvalue weighted by atomic mass is 16.5. The van der Waals surface area contributed by atoms with Crippen LogP contribution in [-0.4, -0.2) is 77.6 Å². The van der Waals surface area contributed by atoms with Crippen molar-refractivity contribution in [1.29, 1.82) is 0 Å². The Morgan fingerprint density at radius 3 is 2.73 bits per heavy atom. The molecule has 0 spiro atoms. The molecule has 4 heterocycles. The maximum atomic E-state index is 12.7. The number of hydrogen-bond donors (Lipinski definition) is 1. The van der Waals surface area contributed by atoms with E-state index in [2.05, 4.69) is 4.90 Å². The number of carbonyl (C=O) groups excluding carboxylic acids is 1. The van der Waals surface area contributed by atoms with Crippen LogP contribution in [0.3, 0.4) is 0 Å². The molecule has 2 fully saturated rings. The molecular formula is C14H18N4O4. The van der Waals surface area contributed by atoms with E-state index in [1.165, 1.54) is 12.3 Å². The van der Waals surface area contributed by atoms with Gasteiger partial charge in [0.05, 0.1) is 19.3 Å². The van der Waals surface area contributed by atoms with Crippen LogP contribution in [-0.2, 0) is 4.74 Å². The van der Waals surface area contributed by atoms with Gasteiger partial charge in [-0.05, 0) is 0 Å². The molecule has 3 aliphatic rings. The van der Waals surface area contributed by atoms with E-state index in [4.69, 9.17) is 4.74 Å². The summed E-state index contributed by atoms with van der Waals surface area (Å²) in [5.74, 6) is -0.768. The molecule has 1 atom stereocenters. The maximum Gasteiger partial charge on any atom is 0.278 e. The standard InChI is InChI=1S/C14H18N4O4/c1-15-11-6-16(9-7-22-8-9)4-5-17(11)14(21)12-13(20)10(19)2-3-18(12)15/h2-3,9,11,20H,4-8H2,1H3. The Balaban J connectivity index is 1.71. The predicted octanol–water partition coefficient (Wildman–Crippen LogP) is -1.38. The highest BCUT2D eigenvalue weighted by Gasteiger charge is 2.43. The number of nitrogens with zero attached hydrogens (tertiary/aromatic N) is 4. The summed E-state index contributed by atoms with van der Waals surface area (Å²) in [6.45, 7) is 3.57. The normalized spacial score (nSPS) is 25.7. The lowest BCUT2D eigenvalue weighted by molar-refractivity contribution is -0.0851. The van der Waals surface area contributed by atoms with Gasteiger partial charge in [-0.3, -0.25) is 24.2 Å². The van der Waals surface area contributed by atoms with E-state index in [0.717, 1.165) is 26.3 Å². The Hall–Kier alpha value is -2.06. The van der Waals surface area contributed by atoms with E-state index in [1.807, 2.05) is 12.1 Å². The first-order valence-corrected chi connectivity index (χ1v) is 7.38. The molecule has 2 saturated heterocycles. The quantitative estimate of drug-likeness (QED) is 0.689. The summed E-state index contributed by atoms with van der Waals surface area (Å²) in [5, 5.41) is 11.9. The van der Waals surface area contributed by atoms with E-state index in [0.29, 0.717) is 12.6 Å². The average molecular weight is 306 g/mol. The number of ether oxygens (including phenoxy) is 1. The SMILES string of the molecule is CN1C2CN(C3COC3)CCN2C(=O)c2c(O)c(=O)ccn21. The zero-order valence-corrected chi connectivity index (χ0v) is 12.3. The number of fused-ring (bicyclic) bond motifs is 2. The van der Waals surface area contributed by atoms with Gasteiger partial charge < -0.3 is 14.7 Å². The molecule has 3 aliphatic heterocycles. The van der Waals surface area contributed by atoms with Gasteiger partial charge in [0.2, 0.25) is 5.43 Å². The number of aromatic nitrogens is 1. The Kier molecular flexibility index (Phi) is 2.92. The van der Waals surface area contributed by atoms with Gasteiger partial charge in [0, 0.05) is 38.9 Å². The Labute approximate surface area is 127 Å². The average Bonchev–Trinajstić information content (AvgIpc) is 2.46. The minimum absolute atomic E-state index is 0.0478. The van der Waals surface area contributed by atoms with Gasteiger partial charge in [0.25, 0.3) is 5.91 Å². The summed E-state index contributed by atoms with van der Waals surface area (Å²) < 4.78 is 6.82. The van der Waals surface area contributed by atoms with Crippen molar-refractivity contribution in [3.63, 3.8) is 0 Å². The molecule has 1 amide bonds. The van der Waals surface area contributed by atoms with Crippen molar-refractivity contribution in [2.24, 2.45) is 0 Å². The second-order valence-corrected chi connectivity index (χ2v) is 5.96. The van der Waals surface area contributed by atoms with E-state index in [1.54, 1.807) is 9.58 Å². The van der Waals surface area contributed by atoms with Crippen LogP contribution >= 0.6 is 0 Å². The van der Waals surface area contributed by atoms with E-state index in [-0.39, 0.29) is 17.8 Å². The number of hydrogen-bond acceptors (Lipinski definition) is 6. The Morgan fingerprint density at radius 2 is 2.05 bits per heavy atom. The summed E-state index contributed by atoms with van der Waals surface area (Å²) in [5.41, 5.74) is -0.483. The van der Waals surface area contributed by atoms with Crippen LogP contribution < -0.4 is 10.4 Å². The first-order chi connectivity index (χ1) is 10.6. The minimum Gasteiger partial charge on any atom is -0.502 e. The van der Waals surface area contributed by atoms with E-state index in [9.17, 15) is 14.7 Å².